The van der Waals surface area contributed by atoms with Crippen molar-refractivity contribution in [2.75, 3.05) is 20.3 Å². The zero-order chi connectivity index (χ0) is 22.7. The number of nitrogens with zero attached hydrogens (tertiary/aromatic N) is 2. The molecule has 1 atom stereocenters. The van der Waals surface area contributed by atoms with Crippen molar-refractivity contribution in [3.8, 4) is 0 Å². The van der Waals surface area contributed by atoms with Gasteiger partial charge < -0.3 is 19.6 Å². The number of H-pyrrole nitrogens is 1. The smallest absolute Gasteiger partial charge is 0.348 e. The summed E-state index contributed by atoms with van der Waals surface area (Å²) in [6.45, 7) is 3.25. The zero-order valence-electron chi connectivity index (χ0n) is 18.2. The van der Waals surface area contributed by atoms with Crippen LogP contribution in [-0.2, 0) is 22.6 Å². The van der Waals surface area contributed by atoms with Crippen LogP contribution in [0.15, 0.2) is 35.1 Å². The molecule has 9 heteroatoms. The van der Waals surface area contributed by atoms with Gasteiger partial charge >= 0.3 is 5.97 Å². The van der Waals surface area contributed by atoms with E-state index in [1.165, 1.54) is 18.4 Å². The Morgan fingerprint density at radius 2 is 2.09 bits per heavy atom. The number of rotatable bonds is 10. The van der Waals surface area contributed by atoms with Gasteiger partial charge in [-0.05, 0) is 30.9 Å². The number of hydrogen-bond acceptors (Lipinski definition) is 8. The number of fused-ring (bicyclic) bond motifs is 1. The lowest BCUT2D eigenvalue weighted by molar-refractivity contribution is 0.00666. The SMILES string of the molecule is COC(=O)c1sc2nc(CN(C[C@H](O)COCc3ccccc3)C3CC3)[nH]c(=O)c2c1C. The Balaban J connectivity index is 1.42. The highest BCUT2D eigenvalue weighted by molar-refractivity contribution is 7.20. The molecule has 32 heavy (non-hydrogen) atoms. The number of aliphatic hydroxyl groups is 1. The van der Waals surface area contributed by atoms with Gasteiger partial charge in [-0.1, -0.05) is 30.3 Å². The van der Waals surface area contributed by atoms with E-state index in [0.29, 0.717) is 52.2 Å². The van der Waals surface area contributed by atoms with E-state index in [2.05, 4.69) is 14.9 Å². The highest BCUT2D eigenvalue weighted by Gasteiger charge is 2.31. The van der Waals surface area contributed by atoms with Crippen LogP contribution in [0.5, 0.6) is 0 Å². The van der Waals surface area contributed by atoms with Gasteiger partial charge in [0.2, 0.25) is 0 Å². The number of hydrogen-bond donors (Lipinski definition) is 2. The molecule has 1 aliphatic carbocycles. The standard InChI is InChI=1S/C23H27N3O5S/c1-14-19-21(28)24-18(25-22(19)32-20(14)23(29)30-2)11-26(16-8-9-16)10-17(27)13-31-12-15-6-4-3-5-7-15/h3-7,16-17,27H,8-13H2,1-2H3,(H,24,25,28)/t17-/m0/s1. The summed E-state index contributed by atoms with van der Waals surface area (Å²) in [7, 11) is 1.32. The first-order valence-corrected chi connectivity index (χ1v) is 11.4. The van der Waals surface area contributed by atoms with Crippen molar-refractivity contribution in [1.82, 2.24) is 14.9 Å². The normalized spacial score (nSPS) is 14.8. The lowest BCUT2D eigenvalue weighted by Gasteiger charge is -2.24. The molecule has 0 radical (unpaired) electrons. The predicted molar refractivity (Wildman–Crippen MR) is 122 cm³/mol. The molecule has 0 spiro atoms. The molecular formula is C23H27N3O5S. The third-order valence-electron chi connectivity index (χ3n) is 5.50. The van der Waals surface area contributed by atoms with Gasteiger partial charge in [0.25, 0.3) is 5.56 Å². The van der Waals surface area contributed by atoms with Crippen LogP contribution >= 0.6 is 11.3 Å². The molecule has 4 rings (SSSR count). The van der Waals surface area contributed by atoms with Gasteiger partial charge in [0, 0.05) is 12.6 Å². The van der Waals surface area contributed by atoms with Crippen LogP contribution < -0.4 is 5.56 Å². The van der Waals surface area contributed by atoms with Crippen molar-refractivity contribution >= 4 is 27.5 Å². The number of esters is 1. The number of aromatic nitrogens is 2. The molecule has 1 aromatic carbocycles. The molecule has 2 aromatic heterocycles. The molecular weight excluding hydrogens is 430 g/mol. The molecule has 1 fully saturated rings. The Labute approximate surface area is 189 Å². The maximum Gasteiger partial charge on any atom is 0.348 e. The van der Waals surface area contributed by atoms with Crippen molar-refractivity contribution in [2.45, 2.75) is 45.1 Å². The first-order chi connectivity index (χ1) is 15.5. The van der Waals surface area contributed by atoms with Gasteiger partial charge in [-0.3, -0.25) is 9.69 Å². The molecule has 1 saturated carbocycles. The van der Waals surface area contributed by atoms with E-state index < -0.39 is 12.1 Å². The van der Waals surface area contributed by atoms with E-state index in [9.17, 15) is 14.7 Å². The Bertz CT molecular complexity index is 1140. The van der Waals surface area contributed by atoms with Crippen LogP contribution in [0.25, 0.3) is 10.2 Å². The number of benzene rings is 1. The van der Waals surface area contributed by atoms with Crippen LogP contribution in [0.2, 0.25) is 0 Å². The molecule has 8 nitrogen and oxygen atoms in total. The summed E-state index contributed by atoms with van der Waals surface area (Å²) >= 11 is 1.17. The molecule has 3 aromatic rings. The number of aliphatic hydroxyl groups excluding tert-OH is 1. The van der Waals surface area contributed by atoms with Gasteiger partial charge in [0.1, 0.15) is 15.5 Å². The van der Waals surface area contributed by atoms with Crippen molar-refractivity contribution in [3.05, 3.63) is 62.5 Å². The fraction of sp³-hybridized carbons (Fsp3) is 0.435. The Hall–Kier alpha value is -2.59. The quantitative estimate of drug-likeness (QED) is 0.451. The highest BCUT2D eigenvalue weighted by atomic mass is 32.1. The van der Waals surface area contributed by atoms with E-state index in [-0.39, 0.29) is 12.2 Å². The van der Waals surface area contributed by atoms with E-state index in [1.807, 2.05) is 30.3 Å². The maximum absolute atomic E-state index is 12.7. The Kier molecular flexibility index (Phi) is 7.00. The second-order valence-corrected chi connectivity index (χ2v) is 9.05. The first-order valence-electron chi connectivity index (χ1n) is 10.6. The molecule has 0 aliphatic heterocycles. The largest absolute Gasteiger partial charge is 0.465 e. The summed E-state index contributed by atoms with van der Waals surface area (Å²) in [5.41, 5.74) is 1.38. The third kappa shape index (κ3) is 5.24. The number of aromatic amines is 1. The summed E-state index contributed by atoms with van der Waals surface area (Å²) in [6, 6.07) is 10.2. The van der Waals surface area contributed by atoms with Gasteiger partial charge in [-0.25, -0.2) is 9.78 Å². The number of methoxy groups -OCH3 is 1. The molecule has 0 amide bonds. The predicted octanol–water partition coefficient (Wildman–Crippen LogP) is 2.62. The minimum atomic E-state index is -0.648. The second-order valence-electron chi connectivity index (χ2n) is 8.06. The van der Waals surface area contributed by atoms with Crippen LogP contribution in [-0.4, -0.2) is 58.4 Å². The Morgan fingerprint density at radius 3 is 2.78 bits per heavy atom. The maximum atomic E-state index is 12.7. The fourth-order valence-electron chi connectivity index (χ4n) is 3.74. The summed E-state index contributed by atoms with van der Waals surface area (Å²) in [4.78, 5) is 35.1. The fourth-order valence-corrected chi connectivity index (χ4v) is 4.85. The summed E-state index contributed by atoms with van der Waals surface area (Å²) in [6.07, 6.45) is 1.45. The van der Waals surface area contributed by atoms with Gasteiger partial charge in [0.05, 0.1) is 38.4 Å². The van der Waals surface area contributed by atoms with Crippen LogP contribution in [0, 0.1) is 6.92 Å². The van der Waals surface area contributed by atoms with E-state index in [1.54, 1.807) is 6.92 Å². The van der Waals surface area contributed by atoms with E-state index in [0.717, 1.165) is 18.4 Å². The van der Waals surface area contributed by atoms with Crippen molar-refractivity contribution in [1.29, 1.82) is 0 Å². The Morgan fingerprint density at radius 1 is 1.34 bits per heavy atom. The highest BCUT2D eigenvalue weighted by Crippen LogP contribution is 2.30. The van der Waals surface area contributed by atoms with E-state index >= 15 is 0 Å². The average Bonchev–Trinajstić information content (AvgIpc) is 3.57. The summed E-state index contributed by atoms with van der Waals surface area (Å²) in [5.74, 6) is 0.0501. The number of aryl methyl sites for hydroxylation is 1. The molecule has 0 bridgehead atoms. The first kappa shape index (κ1) is 22.6. The molecule has 2 heterocycles. The molecule has 2 N–H and O–H groups in total. The van der Waals surface area contributed by atoms with Crippen LogP contribution in [0.4, 0.5) is 0 Å². The molecule has 1 aliphatic rings. The molecule has 0 saturated heterocycles. The zero-order valence-corrected chi connectivity index (χ0v) is 19.0. The number of carbonyl (C=O) groups is 1. The number of ether oxygens (including phenoxy) is 2. The minimum absolute atomic E-state index is 0.230. The number of nitrogens with one attached hydrogen (secondary N) is 1. The minimum Gasteiger partial charge on any atom is -0.465 e. The van der Waals surface area contributed by atoms with Gasteiger partial charge in [-0.15, -0.1) is 11.3 Å². The monoisotopic (exact) mass is 457 g/mol. The van der Waals surface area contributed by atoms with Crippen LogP contribution in [0.3, 0.4) is 0 Å². The lowest BCUT2D eigenvalue weighted by atomic mass is 10.2. The van der Waals surface area contributed by atoms with Gasteiger partial charge in [0.15, 0.2) is 0 Å². The van der Waals surface area contributed by atoms with Crippen molar-refractivity contribution < 1.29 is 19.4 Å². The third-order valence-corrected chi connectivity index (χ3v) is 6.67. The summed E-state index contributed by atoms with van der Waals surface area (Å²) < 4.78 is 10.5. The van der Waals surface area contributed by atoms with Crippen molar-refractivity contribution in [3.63, 3.8) is 0 Å². The van der Waals surface area contributed by atoms with Crippen molar-refractivity contribution in [2.24, 2.45) is 0 Å². The summed E-state index contributed by atoms with van der Waals surface area (Å²) in [5, 5.41) is 10.9. The average molecular weight is 458 g/mol. The second kappa shape index (κ2) is 9.91. The van der Waals surface area contributed by atoms with Crippen LogP contribution in [0.1, 0.15) is 39.5 Å². The molecule has 170 valence electrons. The topological polar surface area (TPSA) is 105 Å². The van der Waals surface area contributed by atoms with Gasteiger partial charge in [-0.2, -0.15) is 0 Å². The molecule has 0 unspecified atom stereocenters. The number of carbonyl (C=O) groups excluding carboxylic acids is 1. The lowest BCUT2D eigenvalue weighted by Crippen LogP contribution is -2.37. The number of thiophene rings is 1. The van der Waals surface area contributed by atoms with E-state index in [4.69, 9.17) is 9.47 Å².